The van der Waals surface area contributed by atoms with E-state index in [0.717, 1.165) is 33.8 Å². The zero-order chi connectivity index (χ0) is 32.4. The number of hydrogen-bond donors (Lipinski definition) is 1. The summed E-state index contributed by atoms with van der Waals surface area (Å²) >= 11 is 12.7. The van der Waals surface area contributed by atoms with Crippen molar-refractivity contribution in [3.63, 3.8) is 0 Å². The lowest BCUT2D eigenvalue weighted by Crippen LogP contribution is -2.53. The van der Waals surface area contributed by atoms with Crippen LogP contribution in [0.3, 0.4) is 0 Å². The Morgan fingerprint density at radius 2 is 1.49 bits per heavy atom. The van der Waals surface area contributed by atoms with Gasteiger partial charge in [0.25, 0.3) is 10.0 Å². The zero-order valence-corrected chi connectivity index (χ0v) is 27.7. The highest BCUT2D eigenvalue weighted by Crippen LogP contribution is 2.33. The predicted molar refractivity (Wildman–Crippen MR) is 181 cm³/mol. The van der Waals surface area contributed by atoms with Gasteiger partial charge in [-0.15, -0.1) is 0 Å². The van der Waals surface area contributed by atoms with E-state index in [1.54, 1.807) is 18.2 Å². The first kappa shape index (κ1) is 34.0. The van der Waals surface area contributed by atoms with Crippen LogP contribution in [0.1, 0.15) is 36.5 Å². The Balaban J connectivity index is 1.80. The minimum atomic E-state index is -4.26. The summed E-state index contributed by atoms with van der Waals surface area (Å²) in [5, 5.41) is 3.38. The topological polar surface area (TPSA) is 86.8 Å². The van der Waals surface area contributed by atoms with Gasteiger partial charge in [0.05, 0.1) is 15.6 Å². The van der Waals surface area contributed by atoms with Crippen LogP contribution < -0.4 is 9.62 Å². The molecule has 0 aliphatic heterocycles. The standard InChI is InChI=1S/C35H37Cl2N3O4S/c1-3-4-21-38-35(42)33(22-27-11-7-5-8-12-27)39(24-28-17-15-26(2)16-18-28)34(41)25-40(32-20-19-29(36)23-31(32)37)45(43,44)30-13-9-6-10-14-30/h5-20,23,33H,3-4,21-22,24-25H2,1-2H3,(H,38,42)/t33-/m1/s1. The van der Waals surface area contributed by atoms with Gasteiger partial charge in [0.2, 0.25) is 11.8 Å². The molecule has 45 heavy (non-hydrogen) atoms. The van der Waals surface area contributed by atoms with E-state index in [2.05, 4.69) is 5.32 Å². The molecule has 0 unspecified atom stereocenters. The average Bonchev–Trinajstić information content (AvgIpc) is 3.03. The third kappa shape index (κ3) is 9.10. The highest BCUT2D eigenvalue weighted by atomic mass is 35.5. The molecule has 0 fully saturated rings. The number of carbonyl (C=O) groups is 2. The van der Waals surface area contributed by atoms with Gasteiger partial charge in [-0.05, 0) is 54.8 Å². The van der Waals surface area contributed by atoms with Crippen molar-refractivity contribution in [1.82, 2.24) is 10.2 Å². The molecule has 0 aliphatic carbocycles. The van der Waals surface area contributed by atoms with Crippen molar-refractivity contribution in [2.45, 2.75) is 50.6 Å². The molecule has 4 rings (SSSR count). The molecule has 0 spiro atoms. The van der Waals surface area contributed by atoms with Crippen LogP contribution in [0.5, 0.6) is 0 Å². The van der Waals surface area contributed by atoms with Gasteiger partial charge in [0.15, 0.2) is 0 Å². The van der Waals surface area contributed by atoms with Crippen molar-refractivity contribution in [2.75, 3.05) is 17.4 Å². The van der Waals surface area contributed by atoms with Crippen molar-refractivity contribution < 1.29 is 18.0 Å². The van der Waals surface area contributed by atoms with E-state index in [4.69, 9.17) is 23.2 Å². The van der Waals surface area contributed by atoms with Crippen LogP contribution in [0.4, 0.5) is 5.69 Å². The smallest absolute Gasteiger partial charge is 0.264 e. The minimum Gasteiger partial charge on any atom is -0.354 e. The fraction of sp³-hybridized carbons (Fsp3) is 0.257. The molecular formula is C35H37Cl2N3O4S. The van der Waals surface area contributed by atoms with E-state index < -0.39 is 28.5 Å². The first-order valence-corrected chi connectivity index (χ1v) is 17.0. The third-order valence-corrected chi connectivity index (χ3v) is 9.67. The molecule has 2 amide bonds. The normalized spacial score (nSPS) is 11.9. The molecule has 0 saturated heterocycles. The first-order chi connectivity index (χ1) is 21.6. The quantitative estimate of drug-likeness (QED) is 0.146. The number of sulfonamides is 1. The van der Waals surface area contributed by atoms with E-state index >= 15 is 0 Å². The Kier molecular flexibility index (Phi) is 12.0. The SMILES string of the molecule is CCCCNC(=O)[C@@H](Cc1ccccc1)N(Cc1ccc(C)cc1)C(=O)CN(c1ccc(Cl)cc1Cl)S(=O)(=O)c1ccccc1. The number of halogens is 2. The second kappa shape index (κ2) is 15.9. The molecule has 1 N–H and O–H groups in total. The van der Waals surface area contributed by atoms with E-state index in [0.29, 0.717) is 11.6 Å². The Labute approximate surface area is 275 Å². The van der Waals surface area contributed by atoms with Crippen molar-refractivity contribution in [2.24, 2.45) is 0 Å². The minimum absolute atomic E-state index is 0.00737. The summed E-state index contributed by atoms with van der Waals surface area (Å²) in [6, 6.07) is 28.5. The highest BCUT2D eigenvalue weighted by molar-refractivity contribution is 7.92. The molecule has 0 aromatic heterocycles. The van der Waals surface area contributed by atoms with Crippen LogP contribution in [0, 0.1) is 6.92 Å². The molecule has 0 aliphatic rings. The van der Waals surface area contributed by atoms with Gasteiger partial charge in [-0.3, -0.25) is 13.9 Å². The fourth-order valence-corrected chi connectivity index (χ4v) is 6.88. The van der Waals surface area contributed by atoms with Crippen molar-refractivity contribution in [3.8, 4) is 0 Å². The van der Waals surface area contributed by atoms with Gasteiger partial charge in [0, 0.05) is 24.5 Å². The number of carbonyl (C=O) groups excluding carboxylic acids is 2. The molecule has 4 aromatic rings. The number of rotatable bonds is 14. The van der Waals surface area contributed by atoms with Crippen molar-refractivity contribution in [3.05, 3.63) is 130 Å². The van der Waals surface area contributed by atoms with Crippen LogP contribution in [0.25, 0.3) is 0 Å². The lowest BCUT2D eigenvalue weighted by Gasteiger charge is -2.34. The number of amides is 2. The molecule has 236 valence electrons. The van der Waals surface area contributed by atoms with Gasteiger partial charge in [-0.25, -0.2) is 8.42 Å². The number of aryl methyl sites for hydroxylation is 1. The van der Waals surface area contributed by atoms with Gasteiger partial charge >= 0.3 is 0 Å². The molecule has 0 saturated carbocycles. The molecule has 1 atom stereocenters. The summed E-state index contributed by atoms with van der Waals surface area (Å²) in [6.07, 6.45) is 1.92. The molecule has 0 heterocycles. The lowest BCUT2D eigenvalue weighted by atomic mass is 10.0. The second-order valence-electron chi connectivity index (χ2n) is 10.8. The van der Waals surface area contributed by atoms with Gasteiger partial charge in [-0.1, -0.05) is 115 Å². The van der Waals surface area contributed by atoms with Crippen LogP contribution in [-0.2, 0) is 32.6 Å². The molecule has 0 bridgehead atoms. The van der Waals surface area contributed by atoms with Crippen LogP contribution in [0.2, 0.25) is 10.0 Å². The zero-order valence-electron chi connectivity index (χ0n) is 25.3. The first-order valence-electron chi connectivity index (χ1n) is 14.8. The third-order valence-electron chi connectivity index (χ3n) is 7.36. The lowest BCUT2D eigenvalue weighted by molar-refractivity contribution is -0.140. The Bertz CT molecular complexity index is 1690. The molecular weight excluding hydrogens is 629 g/mol. The van der Waals surface area contributed by atoms with Crippen LogP contribution >= 0.6 is 23.2 Å². The van der Waals surface area contributed by atoms with E-state index in [-0.39, 0.29) is 34.5 Å². The maximum absolute atomic E-state index is 14.5. The Morgan fingerprint density at radius 3 is 2.11 bits per heavy atom. The van der Waals surface area contributed by atoms with E-state index in [1.165, 1.54) is 35.2 Å². The molecule has 10 heteroatoms. The van der Waals surface area contributed by atoms with Gasteiger partial charge < -0.3 is 10.2 Å². The van der Waals surface area contributed by atoms with E-state index in [1.807, 2.05) is 68.4 Å². The predicted octanol–water partition coefficient (Wildman–Crippen LogP) is 7.05. The number of nitrogens with zero attached hydrogens (tertiary/aromatic N) is 2. The summed E-state index contributed by atoms with van der Waals surface area (Å²) in [5.74, 6) is -0.873. The Hall–Kier alpha value is -3.85. The number of benzene rings is 4. The Morgan fingerprint density at radius 1 is 0.844 bits per heavy atom. The maximum atomic E-state index is 14.5. The summed E-state index contributed by atoms with van der Waals surface area (Å²) in [5.41, 5.74) is 2.81. The number of hydrogen-bond acceptors (Lipinski definition) is 4. The fourth-order valence-electron chi connectivity index (χ4n) is 4.87. The number of anilines is 1. The summed E-state index contributed by atoms with van der Waals surface area (Å²) in [7, 11) is -4.26. The van der Waals surface area contributed by atoms with Gasteiger partial charge in [0.1, 0.15) is 12.6 Å². The van der Waals surface area contributed by atoms with E-state index in [9.17, 15) is 18.0 Å². The molecule has 0 radical (unpaired) electrons. The number of nitrogens with one attached hydrogen (secondary N) is 1. The molecule has 4 aromatic carbocycles. The average molecular weight is 667 g/mol. The second-order valence-corrected chi connectivity index (χ2v) is 13.5. The van der Waals surface area contributed by atoms with Gasteiger partial charge in [-0.2, -0.15) is 0 Å². The number of unbranched alkanes of at least 4 members (excludes halogenated alkanes) is 1. The summed E-state index contributed by atoms with van der Waals surface area (Å²) in [6.45, 7) is 3.95. The van der Waals surface area contributed by atoms with Crippen molar-refractivity contribution in [1.29, 1.82) is 0 Å². The maximum Gasteiger partial charge on any atom is 0.264 e. The van der Waals surface area contributed by atoms with Crippen molar-refractivity contribution >= 4 is 50.7 Å². The molecule has 7 nitrogen and oxygen atoms in total. The largest absolute Gasteiger partial charge is 0.354 e. The summed E-state index contributed by atoms with van der Waals surface area (Å²) in [4.78, 5) is 29.8. The monoisotopic (exact) mass is 665 g/mol. The van der Waals surface area contributed by atoms with Crippen LogP contribution in [0.15, 0.2) is 108 Å². The highest BCUT2D eigenvalue weighted by Gasteiger charge is 2.35. The summed E-state index contributed by atoms with van der Waals surface area (Å²) < 4.78 is 29.1. The van der Waals surface area contributed by atoms with Crippen LogP contribution in [-0.4, -0.2) is 44.3 Å².